The molecule has 1 aromatic heterocycles. The first-order valence-electron chi connectivity index (χ1n) is 6.83. The molecule has 0 spiro atoms. The summed E-state index contributed by atoms with van der Waals surface area (Å²) in [5, 5.41) is 0. The molecule has 1 heterocycles. The molecule has 0 amide bonds. The predicted molar refractivity (Wildman–Crippen MR) is 75.1 cm³/mol. The van der Waals surface area contributed by atoms with Gasteiger partial charge in [0.25, 0.3) is 0 Å². The molecule has 1 saturated carbocycles. The van der Waals surface area contributed by atoms with E-state index in [1.807, 2.05) is 19.2 Å². The van der Waals surface area contributed by atoms with Gasteiger partial charge in [-0.15, -0.1) is 11.6 Å². The van der Waals surface area contributed by atoms with Crippen LogP contribution in [-0.2, 0) is 5.88 Å². The Morgan fingerprint density at radius 1 is 1.44 bits per heavy atom. The van der Waals surface area contributed by atoms with Crippen LogP contribution in [0.15, 0.2) is 12.3 Å². The van der Waals surface area contributed by atoms with E-state index in [0.29, 0.717) is 11.8 Å². The number of hydrogen-bond donors (Lipinski definition) is 0. The highest BCUT2D eigenvalue weighted by Crippen LogP contribution is 2.30. The molecule has 2 nitrogen and oxygen atoms in total. The highest BCUT2D eigenvalue weighted by Gasteiger charge is 2.19. The van der Waals surface area contributed by atoms with Crippen molar-refractivity contribution >= 4 is 11.6 Å². The number of pyridine rings is 1. The molecule has 0 aliphatic heterocycles. The summed E-state index contributed by atoms with van der Waals surface area (Å²) in [6, 6.07) is 1.99. The molecule has 0 aromatic carbocycles. The molecule has 18 heavy (non-hydrogen) atoms. The Labute approximate surface area is 115 Å². The van der Waals surface area contributed by atoms with E-state index in [0.717, 1.165) is 29.5 Å². The Bertz CT molecular complexity index is 394. The highest BCUT2D eigenvalue weighted by atomic mass is 35.5. The number of halogens is 1. The molecular formula is C15H22ClNO. The van der Waals surface area contributed by atoms with Crippen molar-refractivity contribution in [2.24, 2.45) is 11.8 Å². The Kier molecular flexibility index (Phi) is 4.87. The summed E-state index contributed by atoms with van der Waals surface area (Å²) in [7, 11) is 0. The number of aryl methyl sites for hydroxylation is 1. The van der Waals surface area contributed by atoms with Crippen LogP contribution < -0.4 is 4.74 Å². The third kappa shape index (κ3) is 3.61. The van der Waals surface area contributed by atoms with Crippen LogP contribution in [0, 0.1) is 18.8 Å². The maximum Gasteiger partial charge on any atom is 0.127 e. The van der Waals surface area contributed by atoms with Crippen LogP contribution in [0.5, 0.6) is 5.75 Å². The molecule has 0 bridgehead atoms. The van der Waals surface area contributed by atoms with Crippen LogP contribution >= 0.6 is 11.6 Å². The zero-order valence-electron chi connectivity index (χ0n) is 11.3. The fourth-order valence-electron chi connectivity index (χ4n) is 2.72. The van der Waals surface area contributed by atoms with E-state index in [2.05, 4.69) is 11.9 Å². The lowest BCUT2D eigenvalue weighted by Gasteiger charge is -2.26. The molecular weight excluding hydrogens is 246 g/mol. The molecule has 0 N–H and O–H groups in total. The molecule has 2 atom stereocenters. The monoisotopic (exact) mass is 267 g/mol. The van der Waals surface area contributed by atoms with Crippen molar-refractivity contribution in [1.29, 1.82) is 0 Å². The second kappa shape index (κ2) is 6.42. The summed E-state index contributed by atoms with van der Waals surface area (Å²) in [4.78, 5) is 4.25. The molecule has 1 aliphatic rings. The van der Waals surface area contributed by atoms with Gasteiger partial charge in [0, 0.05) is 23.5 Å². The molecule has 0 radical (unpaired) electrons. The Morgan fingerprint density at radius 2 is 2.28 bits per heavy atom. The second-order valence-electron chi connectivity index (χ2n) is 5.52. The lowest BCUT2D eigenvalue weighted by atomic mass is 9.83. The second-order valence-corrected chi connectivity index (χ2v) is 5.78. The van der Waals surface area contributed by atoms with Gasteiger partial charge in [-0.25, -0.2) is 0 Å². The summed E-state index contributed by atoms with van der Waals surface area (Å²) in [6.07, 6.45) is 7.12. The van der Waals surface area contributed by atoms with Gasteiger partial charge in [-0.1, -0.05) is 19.8 Å². The van der Waals surface area contributed by atoms with Crippen LogP contribution in [0.25, 0.3) is 0 Å². The topological polar surface area (TPSA) is 22.1 Å². The minimum atomic E-state index is 0.462. The zero-order chi connectivity index (χ0) is 13.0. The van der Waals surface area contributed by atoms with Crippen LogP contribution in [0.3, 0.4) is 0 Å². The smallest absolute Gasteiger partial charge is 0.127 e. The average molecular weight is 268 g/mol. The first-order valence-corrected chi connectivity index (χ1v) is 7.36. The van der Waals surface area contributed by atoms with Gasteiger partial charge in [0.1, 0.15) is 5.75 Å². The lowest BCUT2D eigenvalue weighted by Crippen LogP contribution is -2.20. The van der Waals surface area contributed by atoms with Crippen molar-refractivity contribution in [1.82, 2.24) is 4.98 Å². The minimum Gasteiger partial charge on any atom is -0.493 e. The van der Waals surface area contributed by atoms with Gasteiger partial charge in [-0.05, 0) is 31.6 Å². The molecule has 2 rings (SSSR count). The van der Waals surface area contributed by atoms with E-state index >= 15 is 0 Å². The average Bonchev–Trinajstić information content (AvgIpc) is 2.37. The lowest BCUT2D eigenvalue weighted by molar-refractivity contribution is 0.181. The van der Waals surface area contributed by atoms with Crippen molar-refractivity contribution in [3.05, 3.63) is 23.5 Å². The van der Waals surface area contributed by atoms with Gasteiger partial charge in [0.2, 0.25) is 0 Å². The molecule has 2 unspecified atom stereocenters. The van der Waals surface area contributed by atoms with Gasteiger partial charge in [-0.3, -0.25) is 4.98 Å². The quantitative estimate of drug-likeness (QED) is 0.758. The largest absolute Gasteiger partial charge is 0.493 e. The standard InChI is InChI=1S/C15H22ClNO/c1-11-4-3-5-13(6-11)10-18-15-7-12(2)17-9-14(15)8-16/h7,9,11,13H,3-6,8,10H2,1-2H3. The van der Waals surface area contributed by atoms with Crippen molar-refractivity contribution in [2.75, 3.05) is 6.61 Å². The number of aromatic nitrogens is 1. The molecule has 0 saturated heterocycles. The number of hydrogen-bond acceptors (Lipinski definition) is 2. The fraction of sp³-hybridized carbons (Fsp3) is 0.667. The fourth-order valence-corrected chi connectivity index (χ4v) is 2.92. The predicted octanol–water partition coefficient (Wildman–Crippen LogP) is 4.33. The highest BCUT2D eigenvalue weighted by molar-refractivity contribution is 6.17. The van der Waals surface area contributed by atoms with Crippen LogP contribution in [-0.4, -0.2) is 11.6 Å². The SMILES string of the molecule is Cc1cc(OCC2CCCC(C)C2)c(CCl)cn1. The van der Waals surface area contributed by atoms with Gasteiger partial charge >= 0.3 is 0 Å². The van der Waals surface area contributed by atoms with E-state index in [9.17, 15) is 0 Å². The van der Waals surface area contributed by atoms with Crippen LogP contribution in [0.2, 0.25) is 0 Å². The van der Waals surface area contributed by atoms with Gasteiger partial charge in [0.15, 0.2) is 0 Å². The zero-order valence-corrected chi connectivity index (χ0v) is 12.0. The van der Waals surface area contributed by atoms with Gasteiger partial charge in [-0.2, -0.15) is 0 Å². The van der Waals surface area contributed by atoms with Crippen molar-refractivity contribution in [3.63, 3.8) is 0 Å². The van der Waals surface area contributed by atoms with E-state index < -0.39 is 0 Å². The summed E-state index contributed by atoms with van der Waals surface area (Å²) in [5.74, 6) is 2.92. The summed E-state index contributed by atoms with van der Waals surface area (Å²) in [6.45, 7) is 5.14. The third-order valence-corrected chi connectivity index (χ3v) is 4.03. The Morgan fingerprint density at radius 3 is 3.00 bits per heavy atom. The first kappa shape index (κ1) is 13.7. The molecule has 1 aliphatic carbocycles. The van der Waals surface area contributed by atoms with E-state index in [4.69, 9.17) is 16.3 Å². The number of alkyl halides is 1. The van der Waals surface area contributed by atoms with Gasteiger partial charge < -0.3 is 4.74 Å². The van der Waals surface area contributed by atoms with Crippen molar-refractivity contribution in [2.45, 2.75) is 45.4 Å². The summed E-state index contributed by atoms with van der Waals surface area (Å²) < 4.78 is 5.97. The number of nitrogens with zero attached hydrogens (tertiary/aromatic N) is 1. The van der Waals surface area contributed by atoms with E-state index in [1.165, 1.54) is 25.7 Å². The molecule has 3 heteroatoms. The molecule has 1 aromatic rings. The number of ether oxygens (including phenoxy) is 1. The molecule has 1 fully saturated rings. The van der Waals surface area contributed by atoms with Crippen molar-refractivity contribution < 1.29 is 4.74 Å². The number of rotatable bonds is 4. The van der Waals surface area contributed by atoms with Crippen LogP contribution in [0.4, 0.5) is 0 Å². The maximum absolute atomic E-state index is 5.97. The van der Waals surface area contributed by atoms with Crippen LogP contribution in [0.1, 0.15) is 43.9 Å². The Balaban J connectivity index is 1.94. The van der Waals surface area contributed by atoms with E-state index in [-0.39, 0.29) is 0 Å². The Hall–Kier alpha value is -0.760. The minimum absolute atomic E-state index is 0.462. The maximum atomic E-state index is 5.97. The molecule has 100 valence electrons. The summed E-state index contributed by atoms with van der Waals surface area (Å²) >= 11 is 5.91. The van der Waals surface area contributed by atoms with E-state index in [1.54, 1.807) is 0 Å². The van der Waals surface area contributed by atoms with Gasteiger partial charge in [0.05, 0.1) is 12.5 Å². The first-order chi connectivity index (χ1) is 8.69. The normalized spacial score (nSPS) is 23.9. The van der Waals surface area contributed by atoms with Crippen molar-refractivity contribution in [3.8, 4) is 5.75 Å². The summed E-state index contributed by atoms with van der Waals surface area (Å²) in [5.41, 5.74) is 1.97. The third-order valence-electron chi connectivity index (χ3n) is 3.74.